The predicted molar refractivity (Wildman–Crippen MR) is 81.8 cm³/mol. The van der Waals surface area contributed by atoms with Gasteiger partial charge in [0.1, 0.15) is 11.5 Å². The fraction of sp³-hybridized carbons (Fsp3) is 0.188. The molecule has 0 radical (unpaired) electrons. The third-order valence-corrected chi connectivity index (χ3v) is 2.94. The standard InChI is InChI=1S/C16H18N2O3/c1-20-13-7-5-6-12(10-13)11-17-16(19)18-14-8-3-4-9-15(14)21-2/h3-10H,11H2,1-2H3,(H2,17,18,19). The van der Waals surface area contributed by atoms with E-state index in [0.717, 1.165) is 11.3 Å². The zero-order valence-electron chi connectivity index (χ0n) is 12.1. The number of carbonyl (C=O) groups is 1. The lowest BCUT2D eigenvalue weighted by molar-refractivity contribution is 0.251. The zero-order valence-corrected chi connectivity index (χ0v) is 12.1. The Morgan fingerprint density at radius 3 is 2.62 bits per heavy atom. The van der Waals surface area contributed by atoms with Gasteiger partial charge in [-0.15, -0.1) is 0 Å². The van der Waals surface area contributed by atoms with E-state index < -0.39 is 0 Å². The van der Waals surface area contributed by atoms with E-state index in [9.17, 15) is 4.79 Å². The summed E-state index contributed by atoms with van der Waals surface area (Å²) in [5.74, 6) is 1.38. The minimum Gasteiger partial charge on any atom is -0.497 e. The van der Waals surface area contributed by atoms with Gasteiger partial charge in [0.25, 0.3) is 0 Å². The van der Waals surface area contributed by atoms with Crippen molar-refractivity contribution in [2.24, 2.45) is 0 Å². The van der Waals surface area contributed by atoms with E-state index in [1.54, 1.807) is 26.4 Å². The molecular formula is C16H18N2O3. The lowest BCUT2D eigenvalue weighted by atomic mass is 10.2. The highest BCUT2D eigenvalue weighted by atomic mass is 16.5. The maximum Gasteiger partial charge on any atom is 0.319 e. The summed E-state index contributed by atoms with van der Waals surface area (Å²) in [4.78, 5) is 11.9. The minimum atomic E-state index is -0.290. The van der Waals surface area contributed by atoms with E-state index in [-0.39, 0.29) is 6.03 Å². The molecular weight excluding hydrogens is 268 g/mol. The molecule has 0 bridgehead atoms. The van der Waals surface area contributed by atoms with E-state index in [1.807, 2.05) is 36.4 Å². The zero-order chi connectivity index (χ0) is 15.1. The van der Waals surface area contributed by atoms with Gasteiger partial charge in [-0.3, -0.25) is 0 Å². The van der Waals surface area contributed by atoms with Crippen LogP contribution in [0.3, 0.4) is 0 Å². The monoisotopic (exact) mass is 286 g/mol. The highest BCUT2D eigenvalue weighted by molar-refractivity contribution is 5.90. The highest BCUT2D eigenvalue weighted by Gasteiger charge is 2.06. The topological polar surface area (TPSA) is 59.6 Å². The van der Waals surface area contributed by atoms with E-state index in [2.05, 4.69) is 10.6 Å². The first-order valence-electron chi connectivity index (χ1n) is 6.53. The van der Waals surface area contributed by atoms with Gasteiger partial charge in [-0.1, -0.05) is 24.3 Å². The van der Waals surface area contributed by atoms with Crippen LogP contribution in [0.2, 0.25) is 0 Å². The van der Waals surface area contributed by atoms with Crippen molar-refractivity contribution in [2.75, 3.05) is 19.5 Å². The Labute approximate surface area is 123 Å². The fourth-order valence-corrected chi connectivity index (χ4v) is 1.88. The van der Waals surface area contributed by atoms with Gasteiger partial charge in [-0.2, -0.15) is 0 Å². The van der Waals surface area contributed by atoms with Crippen LogP contribution < -0.4 is 20.1 Å². The second-order valence-corrected chi connectivity index (χ2v) is 4.36. The summed E-state index contributed by atoms with van der Waals surface area (Å²) in [6.45, 7) is 0.415. The van der Waals surface area contributed by atoms with Crippen LogP contribution in [0.5, 0.6) is 11.5 Å². The Bertz CT molecular complexity index is 614. The number of amides is 2. The smallest absolute Gasteiger partial charge is 0.319 e. The fourth-order valence-electron chi connectivity index (χ4n) is 1.88. The largest absolute Gasteiger partial charge is 0.497 e. The molecule has 0 aromatic heterocycles. The van der Waals surface area contributed by atoms with Crippen molar-refractivity contribution in [2.45, 2.75) is 6.54 Å². The molecule has 0 atom stereocenters. The van der Waals surface area contributed by atoms with Gasteiger partial charge in [0.05, 0.1) is 19.9 Å². The third kappa shape index (κ3) is 4.14. The summed E-state index contributed by atoms with van der Waals surface area (Å²) in [6, 6.07) is 14.5. The highest BCUT2D eigenvalue weighted by Crippen LogP contribution is 2.22. The molecule has 0 aliphatic rings. The molecule has 5 heteroatoms. The Hall–Kier alpha value is -2.69. The van der Waals surface area contributed by atoms with Crippen molar-refractivity contribution in [1.29, 1.82) is 0 Å². The maximum atomic E-state index is 11.9. The number of nitrogens with one attached hydrogen (secondary N) is 2. The molecule has 0 heterocycles. The van der Waals surface area contributed by atoms with E-state index in [1.165, 1.54) is 0 Å². The number of methoxy groups -OCH3 is 2. The first kappa shape index (κ1) is 14.7. The Kier molecular flexibility index (Phi) is 5.04. The van der Waals surface area contributed by atoms with Crippen molar-refractivity contribution in [3.05, 3.63) is 54.1 Å². The lowest BCUT2D eigenvalue weighted by Gasteiger charge is -2.11. The number of carbonyl (C=O) groups excluding carboxylic acids is 1. The number of benzene rings is 2. The van der Waals surface area contributed by atoms with Gasteiger partial charge in [-0.25, -0.2) is 4.79 Å². The van der Waals surface area contributed by atoms with Crippen molar-refractivity contribution in [1.82, 2.24) is 5.32 Å². The van der Waals surface area contributed by atoms with E-state index in [4.69, 9.17) is 9.47 Å². The molecule has 0 saturated heterocycles. The molecule has 21 heavy (non-hydrogen) atoms. The summed E-state index contributed by atoms with van der Waals surface area (Å²) in [6.07, 6.45) is 0. The molecule has 2 aromatic carbocycles. The van der Waals surface area contributed by atoms with Crippen LogP contribution in [0.4, 0.5) is 10.5 Å². The molecule has 0 fully saturated rings. The van der Waals surface area contributed by atoms with Crippen molar-refractivity contribution in [3.8, 4) is 11.5 Å². The molecule has 2 amide bonds. The molecule has 110 valence electrons. The normalized spacial score (nSPS) is 9.81. The van der Waals surface area contributed by atoms with Crippen LogP contribution in [-0.4, -0.2) is 20.3 Å². The van der Waals surface area contributed by atoms with Crippen molar-refractivity contribution >= 4 is 11.7 Å². The molecule has 0 saturated carbocycles. The summed E-state index contributed by atoms with van der Waals surface area (Å²) in [7, 11) is 3.18. The summed E-state index contributed by atoms with van der Waals surface area (Å²) in [5.41, 5.74) is 1.59. The second kappa shape index (κ2) is 7.19. The lowest BCUT2D eigenvalue weighted by Crippen LogP contribution is -2.28. The van der Waals surface area contributed by atoms with Crippen LogP contribution in [0, 0.1) is 0 Å². The molecule has 2 rings (SSSR count). The first-order chi connectivity index (χ1) is 10.2. The van der Waals surface area contributed by atoms with Gasteiger partial charge < -0.3 is 20.1 Å². The Morgan fingerprint density at radius 2 is 1.86 bits per heavy atom. The molecule has 2 aromatic rings. The quantitative estimate of drug-likeness (QED) is 0.888. The van der Waals surface area contributed by atoms with Crippen LogP contribution in [0.15, 0.2) is 48.5 Å². The van der Waals surface area contributed by atoms with Crippen LogP contribution in [0.25, 0.3) is 0 Å². The molecule has 0 aliphatic carbocycles. The van der Waals surface area contributed by atoms with E-state index >= 15 is 0 Å². The van der Waals surface area contributed by atoms with Crippen molar-refractivity contribution < 1.29 is 14.3 Å². The molecule has 0 aliphatic heterocycles. The number of anilines is 1. The number of rotatable bonds is 5. The van der Waals surface area contributed by atoms with Gasteiger partial charge in [0.15, 0.2) is 0 Å². The Balaban J connectivity index is 1.92. The summed E-state index contributed by atoms with van der Waals surface area (Å²) >= 11 is 0. The van der Waals surface area contributed by atoms with Crippen LogP contribution >= 0.6 is 0 Å². The Morgan fingerprint density at radius 1 is 1.05 bits per heavy atom. The average molecular weight is 286 g/mol. The van der Waals surface area contributed by atoms with Gasteiger partial charge >= 0.3 is 6.03 Å². The molecule has 5 nitrogen and oxygen atoms in total. The van der Waals surface area contributed by atoms with Gasteiger partial charge in [-0.05, 0) is 29.8 Å². The molecule has 0 unspecified atom stereocenters. The first-order valence-corrected chi connectivity index (χ1v) is 6.53. The molecule has 0 spiro atoms. The number of para-hydroxylation sites is 2. The number of urea groups is 1. The van der Waals surface area contributed by atoms with E-state index in [0.29, 0.717) is 18.0 Å². The molecule has 2 N–H and O–H groups in total. The van der Waals surface area contributed by atoms with Crippen molar-refractivity contribution in [3.63, 3.8) is 0 Å². The maximum absolute atomic E-state index is 11.9. The number of hydrogen-bond donors (Lipinski definition) is 2. The number of hydrogen-bond acceptors (Lipinski definition) is 3. The minimum absolute atomic E-state index is 0.290. The van der Waals surface area contributed by atoms with Crippen LogP contribution in [0.1, 0.15) is 5.56 Å². The summed E-state index contributed by atoms with van der Waals surface area (Å²) < 4.78 is 10.3. The van der Waals surface area contributed by atoms with Gasteiger partial charge in [0.2, 0.25) is 0 Å². The SMILES string of the molecule is COc1cccc(CNC(=O)Nc2ccccc2OC)c1. The van der Waals surface area contributed by atoms with Gasteiger partial charge in [0, 0.05) is 6.54 Å². The second-order valence-electron chi connectivity index (χ2n) is 4.36. The predicted octanol–water partition coefficient (Wildman–Crippen LogP) is 3.03. The summed E-state index contributed by atoms with van der Waals surface area (Å²) in [5, 5.41) is 5.54. The average Bonchev–Trinajstić information content (AvgIpc) is 2.53. The third-order valence-electron chi connectivity index (χ3n) is 2.94. The number of ether oxygens (including phenoxy) is 2. The van der Waals surface area contributed by atoms with Crippen LogP contribution in [-0.2, 0) is 6.54 Å².